The van der Waals surface area contributed by atoms with Crippen LogP contribution in [0.4, 0.5) is 4.79 Å². The molecule has 0 spiro atoms. The van der Waals surface area contributed by atoms with Gasteiger partial charge in [0.1, 0.15) is 5.60 Å². The zero-order valence-electron chi connectivity index (χ0n) is 18.5. The molecule has 1 atom stereocenters. The van der Waals surface area contributed by atoms with E-state index in [0.717, 1.165) is 18.4 Å². The molecular weight excluding hydrogens is 384 g/mol. The summed E-state index contributed by atoms with van der Waals surface area (Å²) in [6, 6.07) is 9.02. The summed E-state index contributed by atoms with van der Waals surface area (Å²) in [6.07, 6.45) is 1.67. The van der Waals surface area contributed by atoms with Crippen LogP contribution in [0.3, 0.4) is 0 Å². The molecule has 166 valence electrons. The Morgan fingerprint density at radius 2 is 1.77 bits per heavy atom. The van der Waals surface area contributed by atoms with Crippen molar-refractivity contribution in [2.75, 3.05) is 19.7 Å². The third kappa shape index (κ3) is 8.05. The summed E-state index contributed by atoms with van der Waals surface area (Å²) < 4.78 is 10.5. The second-order valence-corrected chi connectivity index (χ2v) is 8.65. The van der Waals surface area contributed by atoms with Crippen molar-refractivity contribution in [2.45, 2.75) is 65.0 Å². The maximum Gasteiger partial charge on any atom is 0.410 e. The second kappa shape index (κ2) is 11.0. The first-order valence-corrected chi connectivity index (χ1v) is 10.7. The molecule has 0 saturated carbocycles. The van der Waals surface area contributed by atoms with E-state index in [1.165, 1.54) is 0 Å². The normalized spacial score (nSPS) is 15.9. The highest BCUT2D eigenvalue weighted by molar-refractivity contribution is 5.78. The molecule has 0 aliphatic carbocycles. The number of carbonyl (C=O) groups is 3. The highest BCUT2D eigenvalue weighted by atomic mass is 16.6. The smallest absolute Gasteiger partial charge is 0.410 e. The van der Waals surface area contributed by atoms with Gasteiger partial charge in [0, 0.05) is 19.5 Å². The van der Waals surface area contributed by atoms with Gasteiger partial charge in [-0.25, -0.2) is 4.79 Å². The Labute approximate surface area is 179 Å². The molecular formula is C23H34N2O5. The Morgan fingerprint density at radius 1 is 1.13 bits per heavy atom. The van der Waals surface area contributed by atoms with Crippen molar-refractivity contribution in [1.29, 1.82) is 0 Å². The van der Waals surface area contributed by atoms with Crippen LogP contribution in [-0.2, 0) is 19.1 Å². The van der Waals surface area contributed by atoms with Gasteiger partial charge in [-0.05, 0) is 52.0 Å². The fraction of sp³-hybridized carbons (Fsp3) is 0.609. The fourth-order valence-electron chi connectivity index (χ4n) is 3.49. The molecule has 0 aromatic heterocycles. The van der Waals surface area contributed by atoms with Crippen molar-refractivity contribution in [3.63, 3.8) is 0 Å². The number of esters is 1. The number of piperidine rings is 1. The van der Waals surface area contributed by atoms with Crippen LogP contribution in [0.5, 0.6) is 0 Å². The van der Waals surface area contributed by atoms with E-state index in [0.29, 0.717) is 26.1 Å². The van der Waals surface area contributed by atoms with E-state index in [1.807, 2.05) is 51.1 Å². The minimum Gasteiger partial charge on any atom is -0.466 e. The number of ether oxygens (including phenoxy) is 2. The summed E-state index contributed by atoms with van der Waals surface area (Å²) in [4.78, 5) is 38.5. The Hall–Kier alpha value is -2.57. The first-order chi connectivity index (χ1) is 14.2. The topological polar surface area (TPSA) is 84.9 Å². The van der Waals surface area contributed by atoms with E-state index in [-0.39, 0.29) is 30.3 Å². The molecule has 7 heteroatoms. The van der Waals surface area contributed by atoms with Gasteiger partial charge in [-0.1, -0.05) is 30.3 Å². The Balaban J connectivity index is 1.87. The Kier molecular flexibility index (Phi) is 8.69. The lowest BCUT2D eigenvalue weighted by molar-refractivity contribution is -0.143. The molecule has 1 aliphatic heterocycles. The number of likely N-dealkylation sites (tertiary alicyclic amines) is 1. The lowest BCUT2D eigenvalue weighted by Gasteiger charge is -2.33. The zero-order valence-corrected chi connectivity index (χ0v) is 18.5. The average molecular weight is 419 g/mol. The number of rotatable bonds is 7. The van der Waals surface area contributed by atoms with E-state index in [2.05, 4.69) is 5.32 Å². The van der Waals surface area contributed by atoms with Crippen molar-refractivity contribution in [3.05, 3.63) is 35.9 Å². The van der Waals surface area contributed by atoms with Crippen molar-refractivity contribution in [2.24, 2.45) is 5.92 Å². The summed E-state index contributed by atoms with van der Waals surface area (Å²) in [5.74, 6) is -0.233. The summed E-state index contributed by atoms with van der Waals surface area (Å²) in [5.41, 5.74) is 0.359. The van der Waals surface area contributed by atoms with Crippen molar-refractivity contribution in [3.8, 4) is 0 Å². The fourth-order valence-corrected chi connectivity index (χ4v) is 3.49. The van der Waals surface area contributed by atoms with Crippen molar-refractivity contribution >= 4 is 18.0 Å². The minimum atomic E-state index is -0.515. The highest BCUT2D eigenvalue weighted by Crippen LogP contribution is 2.24. The van der Waals surface area contributed by atoms with E-state index < -0.39 is 11.6 Å². The molecule has 0 radical (unpaired) electrons. The number of nitrogens with zero attached hydrogens (tertiary/aromatic N) is 1. The predicted molar refractivity (Wildman–Crippen MR) is 114 cm³/mol. The van der Waals surface area contributed by atoms with Gasteiger partial charge in [-0.2, -0.15) is 0 Å². The minimum absolute atomic E-state index is 0.0936. The van der Waals surface area contributed by atoms with Crippen LogP contribution in [0.25, 0.3) is 0 Å². The Bertz CT molecular complexity index is 706. The largest absolute Gasteiger partial charge is 0.466 e. The molecule has 1 unspecified atom stereocenters. The third-order valence-corrected chi connectivity index (χ3v) is 4.95. The van der Waals surface area contributed by atoms with Gasteiger partial charge < -0.3 is 19.7 Å². The molecule has 1 saturated heterocycles. The van der Waals surface area contributed by atoms with E-state index in [1.54, 1.807) is 11.8 Å². The van der Waals surface area contributed by atoms with E-state index >= 15 is 0 Å². The van der Waals surface area contributed by atoms with Gasteiger partial charge in [-0.15, -0.1) is 0 Å². The van der Waals surface area contributed by atoms with Crippen LogP contribution >= 0.6 is 0 Å². The number of hydrogen-bond acceptors (Lipinski definition) is 5. The number of nitrogens with one attached hydrogen (secondary N) is 1. The highest BCUT2D eigenvalue weighted by Gasteiger charge is 2.28. The van der Waals surface area contributed by atoms with Crippen LogP contribution < -0.4 is 5.32 Å². The lowest BCUT2D eigenvalue weighted by atomic mass is 9.93. The van der Waals surface area contributed by atoms with E-state index in [4.69, 9.17) is 9.47 Å². The molecule has 1 aromatic carbocycles. The molecule has 1 fully saturated rings. The average Bonchev–Trinajstić information content (AvgIpc) is 2.67. The molecule has 1 heterocycles. The monoisotopic (exact) mass is 418 g/mol. The molecule has 1 N–H and O–H groups in total. The van der Waals surface area contributed by atoms with Gasteiger partial charge in [0.15, 0.2) is 0 Å². The van der Waals surface area contributed by atoms with E-state index in [9.17, 15) is 14.4 Å². The van der Waals surface area contributed by atoms with Gasteiger partial charge in [0.05, 0.1) is 19.1 Å². The van der Waals surface area contributed by atoms with Gasteiger partial charge >= 0.3 is 12.1 Å². The first kappa shape index (κ1) is 23.7. The van der Waals surface area contributed by atoms with Crippen molar-refractivity contribution in [1.82, 2.24) is 10.2 Å². The van der Waals surface area contributed by atoms with Gasteiger partial charge in [0.25, 0.3) is 0 Å². The maximum atomic E-state index is 12.7. The zero-order chi connectivity index (χ0) is 22.1. The molecule has 0 bridgehead atoms. The van der Waals surface area contributed by atoms with Gasteiger partial charge in [-0.3, -0.25) is 9.59 Å². The number of amides is 2. The van der Waals surface area contributed by atoms with Crippen molar-refractivity contribution < 1.29 is 23.9 Å². The van der Waals surface area contributed by atoms with Crippen LogP contribution in [0.1, 0.15) is 65.0 Å². The summed E-state index contributed by atoms with van der Waals surface area (Å²) in [7, 11) is 0. The quantitative estimate of drug-likeness (QED) is 0.680. The lowest BCUT2D eigenvalue weighted by Crippen LogP contribution is -2.42. The Morgan fingerprint density at radius 3 is 2.33 bits per heavy atom. The van der Waals surface area contributed by atoms with Crippen LogP contribution in [0.15, 0.2) is 30.3 Å². The molecule has 30 heavy (non-hydrogen) atoms. The molecule has 2 rings (SSSR count). The summed E-state index contributed by atoms with van der Waals surface area (Å²) >= 11 is 0. The van der Waals surface area contributed by atoms with Gasteiger partial charge in [0.2, 0.25) is 5.91 Å². The number of carbonyl (C=O) groups excluding carboxylic acids is 3. The molecule has 1 aromatic rings. The number of hydrogen-bond donors (Lipinski definition) is 1. The maximum absolute atomic E-state index is 12.7. The SMILES string of the molecule is CCOC(=O)CC(NC(=O)CC1CCN(C(=O)OC(C)(C)C)CC1)c1ccccc1. The third-order valence-electron chi connectivity index (χ3n) is 4.95. The summed E-state index contributed by atoms with van der Waals surface area (Å²) in [6.45, 7) is 8.78. The first-order valence-electron chi connectivity index (χ1n) is 10.7. The molecule has 2 amide bonds. The molecule has 7 nitrogen and oxygen atoms in total. The molecule has 1 aliphatic rings. The van der Waals surface area contributed by atoms with Crippen LogP contribution in [0.2, 0.25) is 0 Å². The second-order valence-electron chi connectivity index (χ2n) is 8.65. The van der Waals surface area contributed by atoms with Crippen LogP contribution in [-0.4, -0.2) is 48.2 Å². The predicted octanol–water partition coefficient (Wildman–Crippen LogP) is 3.83. The standard InChI is InChI=1S/C23H34N2O5/c1-5-29-21(27)16-19(18-9-7-6-8-10-18)24-20(26)15-17-11-13-25(14-12-17)22(28)30-23(2,3)4/h6-10,17,19H,5,11-16H2,1-4H3,(H,24,26). The number of benzene rings is 1. The van der Waals surface area contributed by atoms with Crippen LogP contribution in [0, 0.1) is 5.92 Å². The summed E-state index contributed by atoms with van der Waals surface area (Å²) in [5, 5.41) is 2.99.